The summed E-state index contributed by atoms with van der Waals surface area (Å²) in [7, 11) is 0. The summed E-state index contributed by atoms with van der Waals surface area (Å²) in [6.45, 7) is 8.40. The highest BCUT2D eigenvalue weighted by Crippen LogP contribution is 2.39. The van der Waals surface area contributed by atoms with Crippen LogP contribution in [0.2, 0.25) is 0 Å². The molecular weight excluding hydrogens is 254 g/mol. The molecule has 0 spiro atoms. The molecule has 2 aliphatic heterocycles. The Labute approximate surface area is 122 Å². The number of hydrogen-bond acceptors (Lipinski definition) is 3. The molecule has 0 aliphatic carbocycles. The fourth-order valence-corrected chi connectivity index (χ4v) is 3.78. The normalized spacial score (nSPS) is 31.1. The van der Waals surface area contributed by atoms with E-state index in [1.807, 2.05) is 0 Å². The quantitative estimate of drug-likeness (QED) is 0.843. The maximum atomic E-state index is 11.7. The fraction of sp³-hybridized carbons (Fsp3) is 0.938. The average Bonchev–Trinajstić information content (AvgIpc) is 2.49. The lowest BCUT2D eigenvalue weighted by molar-refractivity contribution is -0.160. The molecule has 0 aromatic heterocycles. The van der Waals surface area contributed by atoms with Crippen LogP contribution in [0.4, 0.5) is 0 Å². The van der Waals surface area contributed by atoms with Gasteiger partial charge in [0.25, 0.3) is 0 Å². The Morgan fingerprint density at radius 1 is 1.20 bits per heavy atom. The van der Waals surface area contributed by atoms with Crippen LogP contribution in [0.15, 0.2) is 0 Å². The van der Waals surface area contributed by atoms with Crippen LogP contribution in [0.5, 0.6) is 0 Å². The van der Waals surface area contributed by atoms with Gasteiger partial charge in [0, 0.05) is 13.2 Å². The number of carboxylic acids is 1. The lowest BCUT2D eigenvalue weighted by Gasteiger charge is -2.44. The maximum absolute atomic E-state index is 11.7. The van der Waals surface area contributed by atoms with Gasteiger partial charge in [-0.15, -0.1) is 0 Å². The molecule has 0 amide bonds. The second-order valence-electron chi connectivity index (χ2n) is 6.72. The van der Waals surface area contributed by atoms with Crippen molar-refractivity contribution in [1.82, 2.24) is 4.90 Å². The summed E-state index contributed by atoms with van der Waals surface area (Å²) < 4.78 is 5.46. The highest BCUT2D eigenvalue weighted by atomic mass is 16.5. The molecule has 1 atom stereocenters. The fourth-order valence-electron chi connectivity index (χ4n) is 3.78. The summed E-state index contributed by atoms with van der Waals surface area (Å²) in [5.74, 6) is -0.681. The Kier molecular flexibility index (Phi) is 5.08. The van der Waals surface area contributed by atoms with E-state index in [0.29, 0.717) is 25.2 Å². The number of carboxylic acid groups (broad SMARTS) is 1. The molecule has 2 rings (SSSR count). The third kappa shape index (κ3) is 3.17. The van der Waals surface area contributed by atoms with Crippen molar-refractivity contribution < 1.29 is 14.6 Å². The molecule has 20 heavy (non-hydrogen) atoms. The van der Waals surface area contributed by atoms with Gasteiger partial charge >= 0.3 is 5.97 Å². The van der Waals surface area contributed by atoms with Gasteiger partial charge in [-0.05, 0) is 44.2 Å². The third-order valence-corrected chi connectivity index (χ3v) is 5.72. The van der Waals surface area contributed by atoms with Gasteiger partial charge in [0.15, 0.2) is 0 Å². The molecule has 0 radical (unpaired) electrons. The maximum Gasteiger partial charge on any atom is 0.313 e. The highest BCUT2D eigenvalue weighted by molar-refractivity contribution is 5.75. The Balaban J connectivity index is 1.95. The molecule has 4 nitrogen and oxygen atoms in total. The minimum Gasteiger partial charge on any atom is -0.481 e. The Morgan fingerprint density at radius 2 is 1.85 bits per heavy atom. The van der Waals surface area contributed by atoms with E-state index in [2.05, 4.69) is 18.7 Å². The molecule has 2 aliphatic rings. The zero-order valence-corrected chi connectivity index (χ0v) is 13.0. The minimum absolute atomic E-state index is 0.380. The number of piperidine rings is 1. The molecule has 0 aromatic rings. The van der Waals surface area contributed by atoms with Gasteiger partial charge in [-0.1, -0.05) is 26.7 Å². The van der Waals surface area contributed by atoms with Crippen molar-refractivity contribution in [2.24, 2.45) is 10.8 Å². The number of nitrogens with zero attached hydrogens (tertiary/aromatic N) is 1. The summed E-state index contributed by atoms with van der Waals surface area (Å²) in [6.07, 6.45) is 6.52. The average molecular weight is 283 g/mol. The number of likely N-dealkylation sites (tertiary alicyclic amines) is 1. The van der Waals surface area contributed by atoms with E-state index in [0.717, 1.165) is 25.9 Å². The Hall–Kier alpha value is -0.610. The largest absolute Gasteiger partial charge is 0.481 e. The standard InChI is InChI=1S/C16H29NO3/c1-3-15(4-2)7-9-17(10-8-15)12-16(14(18)19)6-5-11-20-13-16/h3-13H2,1-2H3,(H,18,19). The van der Waals surface area contributed by atoms with Gasteiger partial charge in [0.2, 0.25) is 0 Å². The van der Waals surface area contributed by atoms with Crippen molar-refractivity contribution >= 4 is 5.97 Å². The molecule has 1 N–H and O–H groups in total. The zero-order valence-electron chi connectivity index (χ0n) is 13.0. The van der Waals surface area contributed by atoms with E-state index in [9.17, 15) is 9.90 Å². The van der Waals surface area contributed by atoms with Crippen LogP contribution in [-0.4, -0.2) is 48.8 Å². The molecule has 0 aromatic carbocycles. The molecular formula is C16H29NO3. The number of hydrogen-bond donors (Lipinski definition) is 1. The molecule has 2 heterocycles. The SMILES string of the molecule is CCC1(CC)CCN(CC2(C(=O)O)CCCOC2)CC1. The van der Waals surface area contributed by atoms with Gasteiger partial charge in [-0.3, -0.25) is 4.79 Å². The van der Waals surface area contributed by atoms with Crippen molar-refractivity contribution in [3.63, 3.8) is 0 Å². The lowest BCUT2D eigenvalue weighted by atomic mass is 9.73. The number of carbonyl (C=O) groups is 1. The number of rotatable bonds is 5. The molecule has 2 saturated heterocycles. The zero-order chi connectivity index (χ0) is 14.6. The lowest BCUT2D eigenvalue weighted by Crippen LogP contribution is -2.51. The van der Waals surface area contributed by atoms with E-state index in [4.69, 9.17) is 4.74 Å². The first-order valence-corrected chi connectivity index (χ1v) is 8.09. The summed E-state index contributed by atoms with van der Waals surface area (Å²) >= 11 is 0. The smallest absolute Gasteiger partial charge is 0.313 e. The molecule has 2 fully saturated rings. The monoisotopic (exact) mass is 283 g/mol. The Bertz CT molecular complexity index is 323. The van der Waals surface area contributed by atoms with Crippen LogP contribution in [0.1, 0.15) is 52.4 Å². The predicted octanol–water partition coefficient (Wildman–Crippen LogP) is 2.77. The minimum atomic E-state index is -0.681. The van der Waals surface area contributed by atoms with Crippen molar-refractivity contribution in [3.05, 3.63) is 0 Å². The van der Waals surface area contributed by atoms with Gasteiger partial charge in [0.05, 0.1) is 6.61 Å². The third-order valence-electron chi connectivity index (χ3n) is 5.72. The van der Waals surface area contributed by atoms with E-state index >= 15 is 0 Å². The summed E-state index contributed by atoms with van der Waals surface area (Å²) in [5.41, 5.74) is -0.174. The first kappa shape index (κ1) is 15.8. The predicted molar refractivity (Wildman–Crippen MR) is 78.8 cm³/mol. The Morgan fingerprint density at radius 3 is 2.30 bits per heavy atom. The van der Waals surface area contributed by atoms with E-state index < -0.39 is 11.4 Å². The van der Waals surface area contributed by atoms with Crippen molar-refractivity contribution in [2.45, 2.75) is 52.4 Å². The second kappa shape index (κ2) is 6.44. The van der Waals surface area contributed by atoms with E-state index in [1.54, 1.807) is 0 Å². The molecule has 4 heteroatoms. The summed E-state index contributed by atoms with van der Waals surface area (Å²) in [5, 5.41) is 9.61. The van der Waals surface area contributed by atoms with E-state index in [1.165, 1.54) is 25.7 Å². The van der Waals surface area contributed by atoms with Gasteiger partial charge in [-0.2, -0.15) is 0 Å². The first-order valence-electron chi connectivity index (χ1n) is 8.09. The second-order valence-corrected chi connectivity index (χ2v) is 6.72. The number of ether oxygens (including phenoxy) is 1. The summed E-state index contributed by atoms with van der Waals surface area (Å²) in [6, 6.07) is 0. The molecule has 0 saturated carbocycles. The van der Waals surface area contributed by atoms with E-state index in [-0.39, 0.29) is 0 Å². The van der Waals surface area contributed by atoms with Crippen LogP contribution >= 0.6 is 0 Å². The van der Waals surface area contributed by atoms with Crippen LogP contribution in [-0.2, 0) is 9.53 Å². The van der Waals surface area contributed by atoms with Gasteiger partial charge in [0.1, 0.15) is 5.41 Å². The summed E-state index contributed by atoms with van der Waals surface area (Å²) in [4.78, 5) is 14.0. The van der Waals surface area contributed by atoms with Crippen LogP contribution < -0.4 is 0 Å². The first-order chi connectivity index (χ1) is 9.56. The molecule has 0 bridgehead atoms. The van der Waals surface area contributed by atoms with Gasteiger partial charge in [-0.25, -0.2) is 0 Å². The van der Waals surface area contributed by atoms with Crippen molar-refractivity contribution in [1.29, 1.82) is 0 Å². The van der Waals surface area contributed by atoms with Crippen molar-refractivity contribution in [3.8, 4) is 0 Å². The van der Waals surface area contributed by atoms with Crippen molar-refractivity contribution in [2.75, 3.05) is 32.8 Å². The molecule has 1 unspecified atom stereocenters. The van der Waals surface area contributed by atoms with Gasteiger partial charge < -0.3 is 14.7 Å². The topological polar surface area (TPSA) is 49.8 Å². The highest BCUT2D eigenvalue weighted by Gasteiger charge is 2.43. The molecule has 116 valence electrons. The van der Waals surface area contributed by atoms with Crippen LogP contribution in [0.25, 0.3) is 0 Å². The van der Waals surface area contributed by atoms with Crippen LogP contribution in [0, 0.1) is 10.8 Å². The van der Waals surface area contributed by atoms with Crippen LogP contribution in [0.3, 0.4) is 0 Å². The number of aliphatic carboxylic acids is 1.